The average Bonchev–Trinajstić information content (AvgIpc) is 3.08. The fourth-order valence-corrected chi connectivity index (χ4v) is 5.35. The molecule has 4 rings (SSSR count). The zero-order valence-corrected chi connectivity index (χ0v) is 20.7. The second-order valence-corrected chi connectivity index (χ2v) is 9.88. The fraction of sp³-hybridized carbons (Fsp3) is 0.310. The molecule has 0 radical (unpaired) electrons. The first-order valence-corrected chi connectivity index (χ1v) is 13.1. The van der Waals surface area contributed by atoms with Crippen molar-refractivity contribution in [3.05, 3.63) is 102 Å². The Morgan fingerprint density at radius 1 is 0.914 bits per heavy atom. The van der Waals surface area contributed by atoms with Crippen molar-refractivity contribution in [2.75, 3.05) is 12.3 Å². The Labute approximate surface area is 211 Å². The van der Waals surface area contributed by atoms with Crippen molar-refractivity contribution in [3.63, 3.8) is 0 Å². The molecule has 1 aliphatic rings. The van der Waals surface area contributed by atoms with Crippen LogP contribution in [0.25, 0.3) is 0 Å². The summed E-state index contributed by atoms with van der Waals surface area (Å²) in [5.41, 5.74) is 2.17. The molecule has 1 aliphatic heterocycles. The summed E-state index contributed by atoms with van der Waals surface area (Å²) in [4.78, 5) is 28.8. The Balaban J connectivity index is 1.36. The number of likely N-dealkylation sites (tertiary alicyclic amines) is 1. The van der Waals surface area contributed by atoms with E-state index >= 15 is 0 Å². The Bertz CT molecular complexity index is 1060. The van der Waals surface area contributed by atoms with Crippen molar-refractivity contribution in [1.29, 1.82) is 0 Å². The molecule has 35 heavy (non-hydrogen) atoms. The molecule has 0 aromatic heterocycles. The van der Waals surface area contributed by atoms with E-state index in [9.17, 15) is 9.59 Å². The highest BCUT2D eigenvalue weighted by Gasteiger charge is 2.29. The van der Waals surface area contributed by atoms with E-state index in [0.717, 1.165) is 17.7 Å². The highest BCUT2D eigenvalue weighted by atomic mass is 32.2. The number of rotatable bonds is 9. The number of amides is 2. The van der Waals surface area contributed by atoms with Gasteiger partial charge in [-0.3, -0.25) is 4.79 Å². The van der Waals surface area contributed by atoms with Gasteiger partial charge < -0.3 is 15.0 Å². The van der Waals surface area contributed by atoms with Crippen LogP contribution >= 0.6 is 11.8 Å². The number of alkyl carbamates (subject to hydrolysis) is 1. The van der Waals surface area contributed by atoms with Gasteiger partial charge in [-0.15, -0.1) is 11.8 Å². The van der Waals surface area contributed by atoms with Crippen LogP contribution in [0.5, 0.6) is 0 Å². The number of hydrogen-bond acceptors (Lipinski definition) is 4. The number of nitrogens with one attached hydrogen (secondary N) is 1. The second-order valence-electron chi connectivity index (χ2n) is 8.79. The second kappa shape index (κ2) is 13.0. The molecule has 5 nitrogen and oxygen atoms in total. The summed E-state index contributed by atoms with van der Waals surface area (Å²) in [5.74, 6) is 0.975. The van der Waals surface area contributed by atoms with E-state index in [1.54, 1.807) is 11.8 Å². The molecule has 3 aromatic carbocycles. The molecule has 0 unspecified atom stereocenters. The lowest BCUT2D eigenvalue weighted by atomic mass is 10.1. The van der Waals surface area contributed by atoms with Crippen LogP contribution in [-0.2, 0) is 22.6 Å². The van der Waals surface area contributed by atoms with Gasteiger partial charge in [-0.2, -0.15) is 0 Å². The summed E-state index contributed by atoms with van der Waals surface area (Å²) in [6, 6.07) is 30.3. The molecule has 1 N–H and O–H groups in total. The number of thioether (sulfide) groups is 1. The van der Waals surface area contributed by atoms with Gasteiger partial charge in [0.05, 0.1) is 0 Å². The minimum atomic E-state index is -0.430. The molecule has 2 atom stereocenters. The average molecular weight is 489 g/mol. The molecule has 0 spiro atoms. The highest BCUT2D eigenvalue weighted by Crippen LogP contribution is 2.24. The molecule has 1 heterocycles. The number of carbonyl (C=O) groups excluding carboxylic acids is 2. The first-order chi connectivity index (χ1) is 17.2. The van der Waals surface area contributed by atoms with E-state index in [4.69, 9.17) is 4.74 Å². The maximum atomic E-state index is 13.2. The van der Waals surface area contributed by atoms with Gasteiger partial charge >= 0.3 is 6.09 Å². The van der Waals surface area contributed by atoms with Crippen LogP contribution in [0.2, 0.25) is 0 Å². The predicted octanol–water partition coefficient (Wildman–Crippen LogP) is 5.70. The lowest BCUT2D eigenvalue weighted by Crippen LogP contribution is -2.43. The molecule has 0 saturated carbocycles. The third-order valence-corrected chi connectivity index (χ3v) is 7.38. The van der Waals surface area contributed by atoms with Crippen molar-refractivity contribution >= 4 is 23.8 Å². The summed E-state index contributed by atoms with van der Waals surface area (Å²) in [6.45, 7) is 0.857. The van der Waals surface area contributed by atoms with Crippen molar-refractivity contribution in [2.24, 2.45) is 0 Å². The summed E-state index contributed by atoms with van der Waals surface area (Å²) in [7, 11) is 0. The van der Waals surface area contributed by atoms with E-state index < -0.39 is 6.09 Å². The van der Waals surface area contributed by atoms with Gasteiger partial charge in [0.25, 0.3) is 0 Å². The monoisotopic (exact) mass is 488 g/mol. The first kappa shape index (κ1) is 24.9. The standard InChI is InChI=1S/C29H32N2O3S/c32-28-17-16-25(30-29(33)34-21-24-12-6-2-7-13-24)18-19-31(28)26(20-23-10-4-1-5-11-23)22-35-27-14-8-3-9-15-27/h1-15,25-26H,16-22H2,(H,30,33)/t25-,26-/m0/s1. The number of ether oxygens (including phenoxy) is 1. The van der Waals surface area contributed by atoms with Crippen LogP contribution in [-0.4, -0.2) is 41.3 Å². The highest BCUT2D eigenvalue weighted by molar-refractivity contribution is 7.99. The molecule has 182 valence electrons. The number of hydrogen-bond donors (Lipinski definition) is 1. The van der Waals surface area contributed by atoms with Crippen LogP contribution < -0.4 is 5.32 Å². The van der Waals surface area contributed by atoms with Crippen LogP contribution in [0.4, 0.5) is 4.79 Å². The Hall–Kier alpha value is -3.25. The van der Waals surface area contributed by atoms with E-state index in [0.29, 0.717) is 25.8 Å². The quantitative estimate of drug-likeness (QED) is 0.393. The van der Waals surface area contributed by atoms with Gasteiger partial charge in [-0.05, 0) is 42.5 Å². The molecular weight excluding hydrogens is 456 g/mol. The maximum Gasteiger partial charge on any atom is 0.407 e. The van der Waals surface area contributed by atoms with Crippen LogP contribution in [0.1, 0.15) is 30.4 Å². The third-order valence-electron chi connectivity index (χ3n) is 6.22. The maximum absolute atomic E-state index is 13.2. The Kier molecular flexibility index (Phi) is 9.24. The largest absolute Gasteiger partial charge is 0.445 e. The number of carbonyl (C=O) groups is 2. The van der Waals surface area contributed by atoms with Crippen molar-refractivity contribution in [2.45, 2.75) is 49.3 Å². The van der Waals surface area contributed by atoms with Gasteiger partial charge in [0, 0.05) is 35.7 Å². The first-order valence-electron chi connectivity index (χ1n) is 12.2. The van der Waals surface area contributed by atoms with Crippen LogP contribution in [0.15, 0.2) is 95.9 Å². The molecular formula is C29H32N2O3S. The minimum Gasteiger partial charge on any atom is -0.445 e. The molecule has 2 amide bonds. The molecule has 1 fully saturated rings. The predicted molar refractivity (Wildman–Crippen MR) is 140 cm³/mol. The van der Waals surface area contributed by atoms with Crippen LogP contribution in [0, 0.1) is 0 Å². The van der Waals surface area contributed by atoms with Gasteiger partial charge in [-0.25, -0.2) is 4.79 Å². The minimum absolute atomic E-state index is 0.0774. The fourth-order valence-electron chi connectivity index (χ4n) is 4.32. The molecule has 3 aromatic rings. The van der Waals surface area contributed by atoms with Gasteiger partial charge in [0.15, 0.2) is 0 Å². The summed E-state index contributed by atoms with van der Waals surface area (Å²) >= 11 is 1.78. The lowest BCUT2D eigenvalue weighted by Gasteiger charge is -2.31. The molecule has 1 saturated heterocycles. The van der Waals surface area contributed by atoms with Crippen molar-refractivity contribution in [3.8, 4) is 0 Å². The van der Waals surface area contributed by atoms with Crippen LogP contribution in [0.3, 0.4) is 0 Å². The Morgan fingerprint density at radius 2 is 1.54 bits per heavy atom. The zero-order valence-electron chi connectivity index (χ0n) is 19.8. The SMILES string of the molecule is O=C(N[C@H]1CCC(=O)N([C@H](CSc2ccccc2)Cc2ccccc2)CC1)OCc1ccccc1. The van der Waals surface area contributed by atoms with E-state index in [1.165, 1.54) is 10.5 Å². The van der Waals surface area contributed by atoms with Gasteiger partial charge in [-0.1, -0.05) is 78.9 Å². The number of benzene rings is 3. The molecule has 0 bridgehead atoms. The van der Waals surface area contributed by atoms with E-state index in [1.807, 2.05) is 71.6 Å². The van der Waals surface area contributed by atoms with E-state index in [-0.39, 0.29) is 24.6 Å². The van der Waals surface area contributed by atoms with Crippen molar-refractivity contribution < 1.29 is 14.3 Å². The lowest BCUT2D eigenvalue weighted by molar-refractivity contribution is -0.132. The summed E-state index contributed by atoms with van der Waals surface area (Å²) in [6.07, 6.45) is 2.14. The van der Waals surface area contributed by atoms with E-state index in [2.05, 4.69) is 29.6 Å². The van der Waals surface area contributed by atoms with Gasteiger partial charge in [0.2, 0.25) is 5.91 Å². The van der Waals surface area contributed by atoms with Gasteiger partial charge in [0.1, 0.15) is 6.61 Å². The smallest absolute Gasteiger partial charge is 0.407 e. The Morgan fingerprint density at radius 3 is 2.23 bits per heavy atom. The summed E-state index contributed by atoms with van der Waals surface area (Å²) in [5, 5.41) is 2.97. The number of nitrogens with zero attached hydrogens (tertiary/aromatic N) is 1. The summed E-state index contributed by atoms with van der Waals surface area (Å²) < 4.78 is 5.39. The zero-order chi connectivity index (χ0) is 24.3. The van der Waals surface area contributed by atoms with Crippen molar-refractivity contribution in [1.82, 2.24) is 10.2 Å². The topological polar surface area (TPSA) is 58.6 Å². The molecule has 0 aliphatic carbocycles. The molecule has 6 heteroatoms. The normalized spacial score (nSPS) is 16.9. The third kappa shape index (κ3) is 7.89.